The third-order valence-corrected chi connectivity index (χ3v) is 4.19. The van der Waals surface area contributed by atoms with Crippen LogP contribution >= 0.6 is 0 Å². The van der Waals surface area contributed by atoms with Crippen molar-refractivity contribution in [3.8, 4) is 0 Å². The lowest BCUT2D eigenvalue weighted by atomic mass is 9.90. The van der Waals surface area contributed by atoms with E-state index in [0.29, 0.717) is 39.1 Å². The molecule has 2 amide bonds. The number of hydrogen-bond acceptors (Lipinski definition) is 4. The van der Waals surface area contributed by atoms with Gasteiger partial charge in [-0.3, -0.25) is 9.59 Å². The van der Waals surface area contributed by atoms with E-state index in [4.69, 9.17) is 10.5 Å². The van der Waals surface area contributed by atoms with E-state index in [1.165, 1.54) is 0 Å². The smallest absolute Gasteiger partial charge is 0.242 e. The second-order valence-electron chi connectivity index (χ2n) is 5.84. The molecule has 0 radical (unpaired) electrons. The highest BCUT2D eigenvalue weighted by Gasteiger charge is 2.36. The van der Waals surface area contributed by atoms with Crippen LogP contribution in [0.4, 0.5) is 0 Å². The van der Waals surface area contributed by atoms with Crippen LogP contribution in [-0.4, -0.2) is 48.6 Å². The lowest BCUT2D eigenvalue weighted by molar-refractivity contribution is -0.136. The van der Waals surface area contributed by atoms with Crippen LogP contribution in [-0.2, 0) is 20.9 Å². The molecule has 0 bridgehead atoms. The summed E-state index contributed by atoms with van der Waals surface area (Å²) in [7, 11) is 0. The number of rotatable bonds is 6. The van der Waals surface area contributed by atoms with Crippen molar-refractivity contribution < 1.29 is 14.3 Å². The molecule has 0 unspecified atom stereocenters. The molecule has 1 fully saturated rings. The fourth-order valence-electron chi connectivity index (χ4n) is 2.59. The highest BCUT2D eigenvalue weighted by atomic mass is 16.5. The summed E-state index contributed by atoms with van der Waals surface area (Å²) >= 11 is 0. The van der Waals surface area contributed by atoms with Crippen molar-refractivity contribution in [3.63, 3.8) is 0 Å². The van der Waals surface area contributed by atoms with Crippen LogP contribution in [0.25, 0.3) is 0 Å². The molecule has 3 N–H and O–H groups in total. The van der Waals surface area contributed by atoms with Crippen LogP contribution < -0.4 is 11.1 Å². The number of ether oxygens (including phenoxy) is 1. The van der Waals surface area contributed by atoms with Crippen LogP contribution in [0.15, 0.2) is 30.3 Å². The van der Waals surface area contributed by atoms with Crippen molar-refractivity contribution in [2.24, 2.45) is 5.73 Å². The Labute approximate surface area is 137 Å². The Bertz CT molecular complexity index is 527. The molecule has 2 rings (SSSR count). The largest absolute Gasteiger partial charge is 0.381 e. The van der Waals surface area contributed by atoms with E-state index in [1.807, 2.05) is 37.3 Å². The topological polar surface area (TPSA) is 84.7 Å². The van der Waals surface area contributed by atoms with Gasteiger partial charge < -0.3 is 20.7 Å². The minimum absolute atomic E-state index is 0.0285. The maximum Gasteiger partial charge on any atom is 0.242 e. The molecule has 0 spiro atoms. The lowest BCUT2D eigenvalue weighted by Crippen LogP contribution is -2.58. The summed E-state index contributed by atoms with van der Waals surface area (Å²) in [6.45, 7) is 3.98. The van der Waals surface area contributed by atoms with E-state index in [9.17, 15) is 9.59 Å². The maximum absolute atomic E-state index is 12.3. The minimum atomic E-state index is -0.922. The predicted molar refractivity (Wildman–Crippen MR) is 87.5 cm³/mol. The minimum Gasteiger partial charge on any atom is -0.381 e. The summed E-state index contributed by atoms with van der Waals surface area (Å²) in [4.78, 5) is 26.3. The standard InChI is InChI=1S/C17H25N3O3/c1-2-20(13-14-6-4-3-5-7-14)15(21)12-19-16(22)17(18)8-10-23-11-9-17/h3-7H,2,8-13,18H2,1H3,(H,19,22). The third-order valence-electron chi connectivity index (χ3n) is 4.19. The van der Waals surface area contributed by atoms with Crippen molar-refractivity contribution in [2.75, 3.05) is 26.3 Å². The molecule has 1 aromatic rings. The summed E-state index contributed by atoms with van der Waals surface area (Å²) in [6.07, 6.45) is 0.961. The first-order valence-electron chi connectivity index (χ1n) is 8.02. The summed E-state index contributed by atoms with van der Waals surface area (Å²) in [5.41, 5.74) is 6.25. The van der Waals surface area contributed by atoms with E-state index < -0.39 is 5.54 Å². The second kappa shape index (κ2) is 8.08. The average Bonchev–Trinajstić information content (AvgIpc) is 2.58. The van der Waals surface area contributed by atoms with Gasteiger partial charge in [0.15, 0.2) is 0 Å². The Balaban J connectivity index is 1.86. The van der Waals surface area contributed by atoms with Crippen molar-refractivity contribution in [2.45, 2.75) is 31.8 Å². The quantitative estimate of drug-likeness (QED) is 0.807. The molecule has 1 aromatic carbocycles. The summed E-state index contributed by atoms with van der Waals surface area (Å²) in [6, 6.07) is 9.78. The molecule has 1 aliphatic rings. The van der Waals surface area contributed by atoms with Crippen LogP contribution in [0.5, 0.6) is 0 Å². The van der Waals surface area contributed by atoms with Gasteiger partial charge in [-0.15, -0.1) is 0 Å². The van der Waals surface area contributed by atoms with Crippen LogP contribution in [0.1, 0.15) is 25.3 Å². The van der Waals surface area contributed by atoms with E-state index in [2.05, 4.69) is 5.32 Å². The van der Waals surface area contributed by atoms with E-state index >= 15 is 0 Å². The van der Waals surface area contributed by atoms with E-state index in [0.717, 1.165) is 5.56 Å². The van der Waals surface area contributed by atoms with Gasteiger partial charge in [0.25, 0.3) is 0 Å². The van der Waals surface area contributed by atoms with Gasteiger partial charge in [-0.2, -0.15) is 0 Å². The highest BCUT2D eigenvalue weighted by Crippen LogP contribution is 2.17. The molecule has 1 heterocycles. The Hall–Kier alpha value is -1.92. The Morgan fingerprint density at radius 2 is 1.91 bits per heavy atom. The number of nitrogens with one attached hydrogen (secondary N) is 1. The van der Waals surface area contributed by atoms with Gasteiger partial charge in [-0.25, -0.2) is 0 Å². The summed E-state index contributed by atoms with van der Waals surface area (Å²) in [5.74, 6) is -0.384. The summed E-state index contributed by atoms with van der Waals surface area (Å²) < 4.78 is 5.23. The number of amides is 2. The molecule has 0 saturated carbocycles. The van der Waals surface area contributed by atoms with Crippen molar-refractivity contribution in [1.82, 2.24) is 10.2 Å². The molecule has 126 valence electrons. The first-order valence-corrected chi connectivity index (χ1v) is 8.02. The van der Waals surface area contributed by atoms with E-state index in [-0.39, 0.29) is 18.4 Å². The van der Waals surface area contributed by atoms with Gasteiger partial charge in [0.05, 0.1) is 12.1 Å². The Kier molecular flexibility index (Phi) is 6.12. The van der Waals surface area contributed by atoms with Gasteiger partial charge in [0.2, 0.25) is 11.8 Å². The number of benzene rings is 1. The molecule has 0 atom stereocenters. The van der Waals surface area contributed by atoms with Gasteiger partial charge >= 0.3 is 0 Å². The predicted octanol–water partition coefficient (Wildman–Crippen LogP) is 0.659. The van der Waals surface area contributed by atoms with E-state index in [1.54, 1.807) is 4.90 Å². The van der Waals surface area contributed by atoms with Gasteiger partial charge in [-0.05, 0) is 25.3 Å². The molecule has 1 saturated heterocycles. The zero-order chi connectivity index (χ0) is 16.7. The fraction of sp³-hybridized carbons (Fsp3) is 0.529. The number of carbonyl (C=O) groups excluding carboxylic acids is 2. The molecule has 23 heavy (non-hydrogen) atoms. The molecule has 1 aliphatic heterocycles. The number of hydrogen-bond donors (Lipinski definition) is 2. The van der Waals surface area contributed by atoms with Gasteiger partial charge in [-0.1, -0.05) is 30.3 Å². The zero-order valence-electron chi connectivity index (χ0n) is 13.6. The zero-order valence-corrected chi connectivity index (χ0v) is 13.6. The fourth-order valence-corrected chi connectivity index (χ4v) is 2.59. The number of likely N-dealkylation sites (N-methyl/N-ethyl adjacent to an activating group) is 1. The average molecular weight is 319 g/mol. The first kappa shape index (κ1) is 17.4. The van der Waals surface area contributed by atoms with Gasteiger partial charge in [0.1, 0.15) is 0 Å². The first-order chi connectivity index (χ1) is 11.0. The number of nitrogens with zero attached hydrogens (tertiary/aromatic N) is 1. The van der Waals surface area contributed by atoms with Crippen LogP contribution in [0, 0.1) is 0 Å². The number of carbonyl (C=O) groups is 2. The third kappa shape index (κ3) is 4.77. The molecular weight excluding hydrogens is 294 g/mol. The molecule has 6 heteroatoms. The Morgan fingerprint density at radius 1 is 1.26 bits per heavy atom. The van der Waals surface area contributed by atoms with Crippen LogP contribution in [0.3, 0.4) is 0 Å². The molecule has 0 aromatic heterocycles. The monoisotopic (exact) mass is 319 g/mol. The SMILES string of the molecule is CCN(Cc1ccccc1)C(=O)CNC(=O)C1(N)CCOCC1. The van der Waals surface area contributed by atoms with Crippen molar-refractivity contribution in [3.05, 3.63) is 35.9 Å². The molecule has 6 nitrogen and oxygen atoms in total. The van der Waals surface area contributed by atoms with Crippen molar-refractivity contribution in [1.29, 1.82) is 0 Å². The van der Waals surface area contributed by atoms with Crippen molar-refractivity contribution >= 4 is 11.8 Å². The molecular formula is C17H25N3O3. The normalized spacial score (nSPS) is 16.6. The highest BCUT2D eigenvalue weighted by molar-refractivity contribution is 5.90. The number of nitrogens with two attached hydrogens (primary N) is 1. The van der Waals surface area contributed by atoms with Gasteiger partial charge in [0, 0.05) is 26.3 Å². The molecule has 0 aliphatic carbocycles. The lowest BCUT2D eigenvalue weighted by Gasteiger charge is -2.32. The summed E-state index contributed by atoms with van der Waals surface area (Å²) in [5, 5.41) is 2.68. The second-order valence-corrected chi connectivity index (χ2v) is 5.84. The maximum atomic E-state index is 12.3. The Morgan fingerprint density at radius 3 is 2.52 bits per heavy atom. The van der Waals surface area contributed by atoms with Crippen LogP contribution in [0.2, 0.25) is 0 Å².